The molecule has 2 fully saturated rings. The summed E-state index contributed by atoms with van der Waals surface area (Å²) in [4.78, 5) is 12.4. The number of ether oxygens (including phenoxy) is 1. The van der Waals surface area contributed by atoms with Crippen LogP contribution >= 0.6 is 0 Å². The number of carbonyl (C=O) groups is 1. The number of nitrogens with one attached hydrogen (secondary N) is 1. The monoisotopic (exact) mass is 343 g/mol. The molecule has 3 nitrogen and oxygen atoms in total. The molecule has 0 spiro atoms. The molecule has 0 unspecified atom stereocenters. The molecular weight excluding hydrogens is 310 g/mol. The average Bonchev–Trinajstić information content (AvgIpc) is 3.15. The van der Waals surface area contributed by atoms with Crippen LogP contribution < -0.4 is 10.1 Å². The van der Waals surface area contributed by atoms with Crippen molar-refractivity contribution >= 4 is 5.91 Å². The van der Waals surface area contributed by atoms with Crippen molar-refractivity contribution < 1.29 is 9.53 Å². The van der Waals surface area contributed by atoms with Crippen LogP contribution in [0.3, 0.4) is 0 Å². The largest absolute Gasteiger partial charge is 0.483 e. The highest BCUT2D eigenvalue weighted by molar-refractivity contribution is 5.77. The van der Waals surface area contributed by atoms with Gasteiger partial charge < -0.3 is 10.1 Å². The van der Waals surface area contributed by atoms with Crippen LogP contribution in [0.2, 0.25) is 0 Å². The number of fused-ring (bicyclic) bond motifs is 2. The lowest BCUT2D eigenvalue weighted by Crippen LogP contribution is -2.42. The van der Waals surface area contributed by atoms with Gasteiger partial charge in [0.05, 0.1) is 0 Å². The molecule has 138 valence electrons. The Morgan fingerprint density at radius 2 is 2.04 bits per heavy atom. The first-order valence-corrected chi connectivity index (χ1v) is 9.77. The molecular formula is C22H33NO2. The van der Waals surface area contributed by atoms with Gasteiger partial charge in [-0.05, 0) is 67.9 Å². The van der Waals surface area contributed by atoms with E-state index >= 15 is 0 Å². The molecule has 0 radical (unpaired) electrons. The van der Waals surface area contributed by atoms with E-state index in [1.165, 1.54) is 31.2 Å². The van der Waals surface area contributed by atoms with Crippen molar-refractivity contribution in [2.45, 2.75) is 71.8 Å². The summed E-state index contributed by atoms with van der Waals surface area (Å²) in [5, 5.41) is 3.18. The minimum Gasteiger partial charge on any atom is -0.483 e. The average molecular weight is 344 g/mol. The third-order valence-corrected chi connectivity index (χ3v) is 6.13. The van der Waals surface area contributed by atoms with Crippen molar-refractivity contribution in [1.82, 2.24) is 5.32 Å². The molecule has 2 bridgehead atoms. The van der Waals surface area contributed by atoms with Crippen LogP contribution in [0.4, 0.5) is 0 Å². The summed E-state index contributed by atoms with van der Waals surface area (Å²) < 4.78 is 5.89. The van der Waals surface area contributed by atoms with Crippen LogP contribution in [0.1, 0.15) is 64.5 Å². The van der Waals surface area contributed by atoms with E-state index in [0.717, 1.165) is 23.1 Å². The molecule has 2 aliphatic carbocycles. The van der Waals surface area contributed by atoms with Crippen molar-refractivity contribution in [2.75, 3.05) is 6.61 Å². The number of amides is 1. The summed E-state index contributed by atoms with van der Waals surface area (Å²) in [5.74, 6) is 3.21. The quantitative estimate of drug-likeness (QED) is 0.847. The van der Waals surface area contributed by atoms with Gasteiger partial charge in [0, 0.05) is 6.04 Å². The van der Waals surface area contributed by atoms with Crippen molar-refractivity contribution in [3.05, 3.63) is 29.3 Å². The van der Waals surface area contributed by atoms with Gasteiger partial charge in [0.2, 0.25) is 0 Å². The van der Waals surface area contributed by atoms with Gasteiger partial charge in [0.15, 0.2) is 6.61 Å². The van der Waals surface area contributed by atoms with Crippen LogP contribution in [0.25, 0.3) is 0 Å². The SMILES string of the molecule is Cc1ccc(OCC(=O)N[C@H](C)[C@@H]2C[C@H]3CC[C@H]2C3)c(C(C)(C)C)c1. The molecule has 25 heavy (non-hydrogen) atoms. The lowest BCUT2D eigenvalue weighted by atomic mass is 9.84. The second-order valence-corrected chi connectivity index (χ2v) is 9.23. The molecule has 1 N–H and O–H groups in total. The predicted octanol–water partition coefficient (Wildman–Crippen LogP) is 4.61. The summed E-state index contributed by atoms with van der Waals surface area (Å²) in [6.45, 7) is 10.9. The molecule has 4 atom stereocenters. The minimum atomic E-state index is -0.00575. The Labute approximate surface area is 152 Å². The maximum atomic E-state index is 12.4. The van der Waals surface area contributed by atoms with Crippen molar-refractivity contribution in [3.63, 3.8) is 0 Å². The molecule has 0 aromatic heterocycles. The maximum absolute atomic E-state index is 12.4. The lowest BCUT2D eigenvalue weighted by Gasteiger charge is -2.28. The summed E-state index contributed by atoms with van der Waals surface area (Å²) in [6.07, 6.45) is 5.41. The highest BCUT2D eigenvalue weighted by Crippen LogP contribution is 2.49. The van der Waals surface area contributed by atoms with Crippen molar-refractivity contribution in [2.24, 2.45) is 17.8 Å². The smallest absolute Gasteiger partial charge is 0.258 e. The van der Waals surface area contributed by atoms with E-state index in [2.05, 4.69) is 46.0 Å². The van der Waals surface area contributed by atoms with Gasteiger partial charge in [-0.1, -0.05) is 44.9 Å². The van der Waals surface area contributed by atoms with Gasteiger partial charge >= 0.3 is 0 Å². The first-order valence-electron chi connectivity index (χ1n) is 9.77. The summed E-state index contributed by atoms with van der Waals surface area (Å²) in [6, 6.07) is 6.44. The molecule has 0 heterocycles. The standard InChI is InChI=1S/C22H33NO2/c1-14-6-9-20(19(10-14)22(3,4)5)25-13-21(24)23-15(2)18-12-16-7-8-17(18)11-16/h6,9-10,15-18H,7-8,11-13H2,1-5H3,(H,23,24)/t15-,16+,17+,18+/m1/s1. The van der Waals surface area contributed by atoms with E-state index in [0.29, 0.717) is 5.92 Å². The molecule has 3 rings (SSSR count). The minimum absolute atomic E-state index is 0.00397. The Morgan fingerprint density at radius 1 is 1.28 bits per heavy atom. The summed E-state index contributed by atoms with van der Waals surface area (Å²) >= 11 is 0. The van der Waals surface area contributed by atoms with Crippen LogP contribution in [0.15, 0.2) is 18.2 Å². The van der Waals surface area contributed by atoms with Gasteiger partial charge in [-0.2, -0.15) is 0 Å². The second-order valence-electron chi connectivity index (χ2n) is 9.23. The number of rotatable bonds is 5. The zero-order chi connectivity index (χ0) is 18.2. The number of carbonyl (C=O) groups excluding carboxylic acids is 1. The fourth-order valence-electron chi connectivity index (χ4n) is 4.81. The van der Waals surface area contributed by atoms with Crippen LogP contribution in [-0.4, -0.2) is 18.6 Å². The molecule has 1 amide bonds. The van der Waals surface area contributed by atoms with E-state index < -0.39 is 0 Å². The fraction of sp³-hybridized carbons (Fsp3) is 0.682. The van der Waals surface area contributed by atoms with Crippen molar-refractivity contribution in [3.8, 4) is 5.75 Å². The van der Waals surface area contributed by atoms with E-state index in [1.807, 2.05) is 12.1 Å². The third kappa shape index (κ3) is 4.19. The Kier molecular flexibility index (Phi) is 5.13. The highest BCUT2D eigenvalue weighted by atomic mass is 16.5. The van der Waals surface area contributed by atoms with Crippen LogP contribution in [-0.2, 0) is 10.2 Å². The van der Waals surface area contributed by atoms with E-state index in [-0.39, 0.29) is 24.0 Å². The highest BCUT2D eigenvalue weighted by Gasteiger charge is 2.42. The molecule has 1 aromatic rings. The normalized spacial score (nSPS) is 26.5. The van der Waals surface area contributed by atoms with Crippen LogP contribution in [0, 0.1) is 24.7 Å². The lowest BCUT2D eigenvalue weighted by molar-refractivity contribution is -0.124. The Balaban J connectivity index is 1.56. The van der Waals surface area contributed by atoms with Gasteiger partial charge in [0.25, 0.3) is 5.91 Å². The first kappa shape index (κ1) is 18.3. The number of hydrogen-bond donors (Lipinski definition) is 1. The zero-order valence-electron chi connectivity index (χ0n) is 16.4. The number of benzene rings is 1. The first-order chi connectivity index (χ1) is 11.7. The number of aryl methyl sites for hydroxylation is 1. The predicted molar refractivity (Wildman–Crippen MR) is 102 cm³/mol. The third-order valence-electron chi connectivity index (χ3n) is 6.13. The van der Waals surface area contributed by atoms with E-state index in [4.69, 9.17) is 4.74 Å². The van der Waals surface area contributed by atoms with E-state index in [9.17, 15) is 4.79 Å². The fourth-order valence-corrected chi connectivity index (χ4v) is 4.81. The van der Waals surface area contributed by atoms with Gasteiger partial charge in [-0.3, -0.25) is 4.79 Å². The molecule has 1 aromatic carbocycles. The topological polar surface area (TPSA) is 38.3 Å². The Morgan fingerprint density at radius 3 is 2.64 bits per heavy atom. The Bertz CT molecular complexity index is 631. The summed E-state index contributed by atoms with van der Waals surface area (Å²) in [7, 11) is 0. The van der Waals surface area contributed by atoms with Gasteiger partial charge in [-0.15, -0.1) is 0 Å². The zero-order valence-corrected chi connectivity index (χ0v) is 16.4. The van der Waals surface area contributed by atoms with Gasteiger partial charge in [-0.25, -0.2) is 0 Å². The molecule has 2 saturated carbocycles. The molecule has 3 heteroatoms. The van der Waals surface area contributed by atoms with Crippen molar-refractivity contribution in [1.29, 1.82) is 0 Å². The number of hydrogen-bond acceptors (Lipinski definition) is 2. The Hall–Kier alpha value is -1.51. The molecule has 0 saturated heterocycles. The maximum Gasteiger partial charge on any atom is 0.258 e. The van der Waals surface area contributed by atoms with Gasteiger partial charge in [0.1, 0.15) is 5.75 Å². The summed E-state index contributed by atoms with van der Waals surface area (Å²) in [5.41, 5.74) is 2.36. The molecule has 0 aliphatic heterocycles. The van der Waals surface area contributed by atoms with E-state index in [1.54, 1.807) is 0 Å². The molecule has 2 aliphatic rings. The second kappa shape index (κ2) is 7.01. The van der Waals surface area contributed by atoms with Crippen LogP contribution in [0.5, 0.6) is 5.75 Å².